The SMILES string of the molecule is C#Cc1ccc(C(=O)N(C)C#C)cc1. The van der Waals surface area contributed by atoms with Crippen LogP contribution in [0.5, 0.6) is 0 Å². The van der Waals surface area contributed by atoms with Crippen LogP contribution < -0.4 is 0 Å². The van der Waals surface area contributed by atoms with Gasteiger partial charge in [-0.1, -0.05) is 12.3 Å². The molecule has 1 amide bonds. The molecule has 68 valence electrons. The van der Waals surface area contributed by atoms with Gasteiger partial charge in [-0.15, -0.1) is 6.42 Å². The van der Waals surface area contributed by atoms with Gasteiger partial charge < -0.3 is 0 Å². The maximum atomic E-state index is 11.5. The van der Waals surface area contributed by atoms with E-state index in [2.05, 4.69) is 12.0 Å². The third-order valence-corrected chi connectivity index (χ3v) is 1.80. The van der Waals surface area contributed by atoms with Crippen molar-refractivity contribution in [3.05, 3.63) is 35.4 Å². The standard InChI is InChI=1S/C12H9NO/c1-4-10-6-8-11(9-7-10)12(14)13(3)5-2/h1-2,6-9H,3H3. The van der Waals surface area contributed by atoms with Crippen molar-refractivity contribution in [2.45, 2.75) is 0 Å². The molecule has 0 fully saturated rings. The molecule has 0 atom stereocenters. The largest absolute Gasteiger partial charge is 0.271 e. The Bertz CT molecular complexity index is 417. The summed E-state index contributed by atoms with van der Waals surface area (Å²) in [6.45, 7) is 0. The summed E-state index contributed by atoms with van der Waals surface area (Å²) < 4.78 is 0. The molecule has 0 spiro atoms. The Balaban J connectivity index is 2.95. The van der Waals surface area contributed by atoms with Crippen molar-refractivity contribution >= 4 is 5.91 Å². The van der Waals surface area contributed by atoms with Gasteiger partial charge in [0.2, 0.25) is 0 Å². The van der Waals surface area contributed by atoms with E-state index in [0.717, 1.165) is 5.56 Å². The number of terminal acetylenes is 2. The Morgan fingerprint density at radius 3 is 2.29 bits per heavy atom. The Hall–Kier alpha value is -2.19. The monoisotopic (exact) mass is 183 g/mol. The molecule has 2 heteroatoms. The van der Waals surface area contributed by atoms with Crippen molar-refractivity contribution in [2.24, 2.45) is 0 Å². The number of rotatable bonds is 1. The lowest BCUT2D eigenvalue weighted by Gasteiger charge is -2.08. The zero-order valence-corrected chi connectivity index (χ0v) is 7.82. The summed E-state index contributed by atoms with van der Waals surface area (Å²) in [5.74, 6) is 2.26. The Kier molecular flexibility index (Phi) is 2.94. The molecule has 2 nitrogen and oxygen atoms in total. The summed E-state index contributed by atoms with van der Waals surface area (Å²) in [6, 6.07) is 8.96. The van der Waals surface area contributed by atoms with Crippen LogP contribution in [0.4, 0.5) is 0 Å². The molecule has 0 aliphatic carbocycles. The Labute approximate surface area is 83.5 Å². The lowest BCUT2D eigenvalue weighted by Crippen LogP contribution is -2.20. The van der Waals surface area contributed by atoms with Crippen LogP contribution >= 0.6 is 0 Å². The van der Waals surface area contributed by atoms with E-state index in [9.17, 15) is 4.79 Å². The van der Waals surface area contributed by atoms with E-state index in [0.29, 0.717) is 5.56 Å². The fourth-order valence-corrected chi connectivity index (χ4v) is 0.961. The third-order valence-electron chi connectivity index (χ3n) is 1.80. The number of nitrogens with zero attached hydrogens (tertiary/aromatic N) is 1. The zero-order valence-electron chi connectivity index (χ0n) is 7.82. The molecule has 14 heavy (non-hydrogen) atoms. The first-order chi connectivity index (χ1) is 6.69. The predicted octanol–water partition coefficient (Wildman–Crippen LogP) is 1.33. The van der Waals surface area contributed by atoms with E-state index < -0.39 is 0 Å². The van der Waals surface area contributed by atoms with Crippen molar-refractivity contribution in [1.82, 2.24) is 4.90 Å². The van der Waals surface area contributed by atoms with Crippen LogP contribution in [0.15, 0.2) is 24.3 Å². The van der Waals surface area contributed by atoms with Crippen LogP contribution in [0.3, 0.4) is 0 Å². The summed E-state index contributed by atoms with van der Waals surface area (Å²) >= 11 is 0. The highest BCUT2D eigenvalue weighted by atomic mass is 16.2. The van der Waals surface area contributed by atoms with Gasteiger partial charge in [0, 0.05) is 24.2 Å². The number of amides is 1. The van der Waals surface area contributed by atoms with Gasteiger partial charge in [-0.25, -0.2) is 0 Å². The zero-order chi connectivity index (χ0) is 10.6. The number of carbonyl (C=O) groups is 1. The summed E-state index contributed by atoms with van der Waals surface area (Å²) in [4.78, 5) is 12.7. The highest BCUT2D eigenvalue weighted by molar-refractivity contribution is 5.95. The molecule has 0 unspecified atom stereocenters. The molecular weight excluding hydrogens is 174 g/mol. The van der Waals surface area contributed by atoms with Crippen LogP contribution in [0.25, 0.3) is 0 Å². The molecule has 1 rings (SSSR count). The average Bonchev–Trinajstić information content (AvgIpc) is 2.27. The van der Waals surface area contributed by atoms with Crippen molar-refractivity contribution in [3.8, 4) is 24.8 Å². The van der Waals surface area contributed by atoms with Gasteiger partial charge in [0.1, 0.15) is 0 Å². The molecule has 0 aromatic heterocycles. The van der Waals surface area contributed by atoms with Crippen molar-refractivity contribution in [1.29, 1.82) is 0 Å². The van der Waals surface area contributed by atoms with E-state index >= 15 is 0 Å². The maximum Gasteiger partial charge on any atom is 0.265 e. The number of carbonyl (C=O) groups excluding carboxylic acids is 1. The van der Waals surface area contributed by atoms with Gasteiger partial charge in [0.05, 0.1) is 0 Å². The molecule has 0 N–H and O–H groups in total. The second-order valence-electron chi connectivity index (χ2n) is 2.71. The topological polar surface area (TPSA) is 20.3 Å². The third kappa shape index (κ3) is 1.94. The van der Waals surface area contributed by atoms with Gasteiger partial charge >= 0.3 is 0 Å². The van der Waals surface area contributed by atoms with Gasteiger partial charge in [0.15, 0.2) is 0 Å². The minimum atomic E-state index is -0.212. The Morgan fingerprint density at radius 2 is 1.86 bits per heavy atom. The van der Waals surface area contributed by atoms with Crippen LogP contribution in [-0.4, -0.2) is 17.9 Å². The second kappa shape index (κ2) is 4.16. The molecular formula is C12H9NO. The molecule has 0 radical (unpaired) electrons. The van der Waals surface area contributed by atoms with Crippen LogP contribution in [0.2, 0.25) is 0 Å². The summed E-state index contributed by atoms with van der Waals surface area (Å²) in [7, 11) is 1.54. The highest BCUT2D eigenvalue weighted by Crippen LogP contribution is 2.05. The predicted molar refractivity (Wildman–Crippen MR) is 55.3 cm³/mol. The minimum absolute atomic E-state index is 0.212. The van der Waals surface area contributed by atoms with E-state index in [1.807, 2.05) is 0 Å². The summed E-state index contributed by atoms with van der Waals surface area (Å²) in [5.41, 5.74) is 1.27. The maximum absolute atomic E-state index is 11.5. The molecule has 0 saturated heterocycles. The van der Waals surface area contributed by atoms with Gasteiger partial charge in [-0.05, 0) is 24.3 Å². The van der Waals surface area contributed by atoms with E-state index in [4.69, 9.17) is 12.8 Å². The fraction of sp³-hybridized carbons (Fsp3) is 0.0833. The first-order valence-corrected chi connectivity index (χ1v) is 4.00. The molecule has 0 bridgehead atoms. The van der Waals surface area contributed by atoms with Gasteiger partial charge in [-0.2, -0.15) is 0 Å². The Morgan fingerprint density at radius 1 is 1.29 bits per heavy atom. The molecule has 0 aliphatic rings. The quantitative estimate of drug-likeness (QED) is 0.475. The van der Waals surface area contributed by atoms with E-state index in [1.165, 1.54) is 11.9 Å². The fourth-order valence-electron chi connectivity index (χ4n) is 0.961. The second-order valence-corrected chi connectivity index (χ2v) is 2.71. The summed E-state index contributed by atoms with van der Waals surface area (Å²) in [6.07, 6.45) is 10.3. The number of hydrogen-bond donors (Lipinski definition) is 0. The number of hydrogen-bond acceptors (Lipinski definition) is 1. The van der Waals surface area contributed by atoms with Crippen molar-refractivity contribution < 1.29 is 4.79 Å². The number of benzene rings is 1. The lowest BCUT2D eigenvalue weighted by atomic mass is 10.1. The average molecular weight is 183 g/mol. The molecule has 0 saturated carbocycles. The van der Waals surface area contributed by atoms with Gasteiger partial charge in [0.25, 0.3) is 5.91 Å². The smallest absolute Gasteiger partial charge is 0.265 e. The first kappa shape index (κ1) is 9.89. The van der Waals surface area contributed by atoms with Crippen molar-refractivity contribution in [3.63, 3.8) is 0 Å². The van der Waals surface area contributed by atoms with Crippen LogP contribution in [-0.2, 0) is 0 Å². The van der Waals surface area contributed by atoms with E-state index in [1.54, 1.807) is 24.3 Å². The molecule has 1 aromatic rings. The lowest BCUT2D eigenvalue weighted by molar-refractivity contribution is 0.0860. The molecule has 0 heterocycles. The van der Waals surface area contributed by atoms with Crippen molar-refractivity contribution in [2.75, 3.05) is 7.05 Å². The van der Waals surface area contributed by atoms with Crippen LogP contribution in [0.1, 0.15) is 15.9 Å². The minimum Gasteiger partial charge on any atom is -0.271 e. The summed E-state index contributed by atoms with van der Waals surface area (Å²) in [5, 5.41) is 0. The normalized spacial score (nSPS) is 8.50. The highest BCUT2D eigenvalue weighted by Gasteiger charge is 2.08. The molecule has 1 aromatic carbocycles. The molecule has 0 aliphatic heterocycles. The first-order valence-electron chi connectivity index (χ1n) is 4.00. The van der Waals surface area contributed by atoms with E-state index in [-0.39, 0.29) is 5.91 Å². The van der Waals surface area contributed by atoms with Crippen LogP contribution in [0, 0.1) is 24.8 Å². The van der Waals surface area contributed by atoms with Gasteiger partial charge in [-0.3, -0.25) is 9.69 Å².